The van der Waals surface area contributed by atoms with E-state index < -0.39 is 17.4 Å². The first-order valence-electron chi connectivity index (χ1n) is 15.6. The van der Waals surface area contributed by atoms with Crippen LogP contribution in [0, 0.1) is 5.92 Å². The highest BCUT2D eigenvalue weighted by Crippen LogP contribution is 2.50. The zero-order chi connectivity index (χ0) is 32.3. The van der Waals surface area contributed by atoms with Gasteiger partial charge in [-0.3, -0.25) is 24.2 Å². The van der Waals surface area contributed by atoms with Crippen LogP contribution >= 0.6 is 0 Å². The van der Waals surface area contributed by atoms with Crippen LogP contribution < -0.4 is 9.80 Å². The van der Waals surface area contributed by atoms with Crippen LogP contribution in [0.1, 0.15) is 36.5 Å². The first-order chi connectivity index (χ1) is 22.3. The molecule has 4 aromatic carbocycles. The number of carbonyl (C=O) groups excluding carboxylic acids is 3. The molecule has 0 spiro atoms. The van der Waals surface area contributed by atoms with Gasteiger partial charge in [-0.25, -0.2) is 0 Å². The van der Waals surface area contributed by atoms with Crippen molar-refractivity contribution in [1.82, 2.24) is 4.90 Å². The van der Waals surface area contributed by atoms with Crippen LogP contribution in [0.3, 0.4) is 0 Å². The van der Waals surface area contributed by atoms with Crippen molar-refractivity contribution < 1.29 is 24.6 Å². The van der Waals surface area contributed by atoms with Crippen molar-refractivity contribution in [3.63, 3.8) is 0 Å². The Kier molecular flexibility index (Phi) is 8.83. The monoisotopic (exact) mass is 615 g/mol. The number of aliphatic hydroxyl groups is 2. The van der Waals surface area contributed by atoms with Crippen LogP contribution in [0.4, 0.5) is 22.7 Å². The predicted octanol–water partition coefficient (Wildman–Crippen LogP) is 5.77. The molecule has 0 saturated heterocycles. The average molecular weight is 616 g/mol. The number of para-hydroxylation sites is 2. The van der Waals surface area contributed by atoms with Crippen molar-refractivity contribution in [1.29, 1.82) is 0 Å². The Morgan fingerprint density at radius 2 is 1.57 bits per heavy atom. The third-order valence-electron chi connectivity index (χ3n) is 8.84. The van der Waals surface area contributed by atoms with Crippen LogP contribution in [0.25, 0.3) is 0 Å². The van der Waals surface area contributed by atoms with Crippen LogP contribution in [-0.4, -0.2) is 46.0 Å². The smallest absolute Gasteiger partial charge is 0.268 e. The zero-order valence-corrected chi connectivity index (χ0v) is 25.8. The molecule has 0 saturated carbocycles. The first kappa shape index (κ1) is 31.0. The number of fused-ring (bicyclic) bond motifs is 2. The van der Waals surface area contributed by atoms with E-state index in [4.69, 9.17) is 0 Å². The molecule has 8 nitrogen and oxygen atoms in total. The number of hydrogen-bond acceptors (Lipinski definition) is 5. The highest BCUT2D eigenvalue weighted by molar-refractivity contribution is 6.13. The summed E-state index contributed by atoms with van der Waals surface area (Å²) in [5.41, 5.74) is 2.96. The maximum absolute atomic E-state index is 14.2. The molecule has 0 unspecified atom stereocenters. The predicted molar refractivity (Wildman–Crippen MR) is 178 cm³/mol. The minimum atomic E-state index is -1.96. The SMILES string of the molecule is C[C@@H](/C=C/CC(=O)N(CCO)Cc1ccccc1)[C@]1(O)C(=O)N(c2ccccc2)c2ccc(N3C(=O)CCc4ccccc43)cc21. The van der Waals surface area contributed by atoms with Gasteiger partial charge in [0.2, 0.25) is 11.8 Å². The first-order valence-corrected chi connectivity index (χ1v) is 15.6. The van der Waals surface area contributed by atoms with E-state index in [1.54, 1.807) is 41.0 Å². The lowest BCUT2D eigenvalue weighted by atomic mass is 9.82. The Labute approximate surface area is 268 Å². The van der Waals surface area contributed by atoms with Gasteiger partial charge in [-0.2, -0.15) is 0 Å². The van der Waals surface area contributed by atoms with Gasteiger partial charge in [0.05, 0.1) is 18.0 Å². The summed E-state index contributed by atoms with van der Waals surface area (Å²) < 4.78 is 0. The van der Waals surface area contributed by atoms with Crippen molar-refractivity contribution in [3.05, 3.63) is 132 Å². The summed E-state index contributed by atoms with van der Waals surface area (Å²) in [6.45, 7) is 2.15. The molecule has 6 rings (SSSR count). The summed E-state index contributed by atoms with van der Waals surface area (Å²) in [6, 6.07) is 31.8. The summed E-state index contributed by atoms with van der Waals surface area (Å²) in [5, 5.41) is 21.9. The Morgan fingerprint density at radius 3 is 2.30 bits per heavy atom. The molecule has 46 heavy (non-hydrogen) atoms. The molecule has 0 fully saturated rings. The number of anilines is 4. The molecule has 3 amide bonds. The Hall–Kier alpha value is -5.05. The third kappa shape index (κ3) is 5.73. The number of rotatable bonds is 10. The number of carbonyl (C=O) groups is 3. The summed E-state index contributed by atoms with van der Waals surface area (Å²) in [4.78, 5) is 45.4. The summed E-state index contributed by atoms with van der Waals surface area (Å²) >= 11 is 0. The Balaban J connectivity index is 1.32. The molecule has 0 radical (unpaired) electrons. The molecule has 234 valence electrons. The van der Waals surface area contributed by atoms with Crippen molar-refractivity contribution >= 4 is 40.5 Å². The van der Waals surface area contributed by atoms with Gasteiger partial charge in [-0.05, 0) is 53.9 Å². The third-order valence-corrected chi connectivity index (χ3v) is 8.84. The molecule has 2 heterocycles. The van der Waals surface area contributed by atoms with Gasteiger partial charge in [0, 0.05) is 48.8 Å². The Morgan fingerprint density at radius 1 is 0.870 bits per heavy atom. The van der Waals surface area contributed by atoms with E-state index >= 15 is 0 Å². The molecule has 2 aliphatic heterocycles. The van der Waals surface area contributed by atoms with E-state index in [1.165, 1.54) is 4.90 Å². The van der Waals surface area contributed by atoms with E-state index in [2.05, 4.69) is 0 Å². The van der Waals surface area contributed by atoms with Crippen LogP contribution in [0.15, 0.2) is 115 Å². The second kappa shape index (κ2) is 13.1. The van der Waals surface area contributed by atoms with Gasteiger partial charge in [0.15, 0.2) is 5.60 Å². The molecular weight excluding hydrogens is 578 g/mol. The number of amides is 3. The highest BCUT2D eigenvalue weighted by Gasteiger charge is 2.53. The minimum Gasteiger partial charge on any atom is -0.395 e. The lowest BCUT2D eigenvalue weighted by Crippen LogP contribution is -2.43. The van der Waals surface area contributed by atoms with E-state index in [0.29, 0.717) is 42.0 Å². The maximum atomic E-state index is 14.2. The van der Waals surface area contributed by atoms with Gasteiger partial charge in [0.1, 0.15) is 0 Å². The van der Waals surface area contributed by atoms with E-state index in [-0.39, 0.29) is 31.4 Å². The fourth-order valence-electron chi connectivity index (χ4n) is 6.40. The fourth-order valence-corrected chi connectivity index (χ4v) is 6.40. The zero-order valence-electron chi connectivity index (χ0n) is 25.8. The van der Waals surface area contributed by atoms with Crippen LogP contribution in [0.2, 0.25) is 0 Å². The lowest BCUT2D eigenvalue weighted by Gasteiger charge is -2.31. The number of benzene rings is 4. The molecule has 0 aliphatic carbocycles. The second-order valence-electron chi connectivity index (χ2n) is 11.7. The lowest BCUT2D eigenvalue weighted by molar-refractivity contribution is -0.138. The summed E-state index contributed by atoms with van der Waals surface area (Å²) in [6.07, 6.45) is 4.42. The number of aliphatic hydroxyl groups excluding tert-OH is 1. The van der Waals surface area contributed by atoms with Crippen molar-refractivity contribution in [2.24, 2.45) is 5.92 Å². The average Bonchev–Trinajstić information content (AvgIpc) is 3.31. The van der Waals surface area contributed by atoms with Gasteiger partial charge in [0.25, 0.3) is 5.91 Å². The largest absolute Gasteiger partial charge is 0.395 e. The Bertz CT molecular complexity index is 1770. The molecule has 0 bridgehead atoms. The molecule has 2 aliphatic rings. The van der Waals surface area contributed by atoms with Gasteiger partial charge >= 0.3 is 0 Å². The van der Waals surface area contributed by atoms with Crippen molar-refractivity contribution in [2.75, 3.05) is 23.0 Å². The van der Waals surface area contributed by atoms with Crippen molar-refractivity contribution in [2.45, 2.75) is 38.3 Å². The number of nitrogens with zero attached hydrogens (tertiary/aromatic N) is 3. The fraction of sp³-hybridized carbons (Fsp3) is 0.237. The quantitative estimate of drug-likeness (QED) is 0.221. The second-order valence-corrected chi connectivity index (χ2v) is 11.7. The van der Waals surface area contributed by atoms with Gasteiger partial charge in [-0.1, -0.05) is 85.8 Å². The maximum Gasteiger partial charge on any atom is 0.268 e. The molecule has 8 heteroatoms. The van der Waals surface area contributed by atoms with Crippen LogP contribution in [-0.2, 0) is 33.0 Å². The highest BCUT2D eigenvalue weighted by atomic mass is 16.3. The standard InChI is InChI=1S/C38H37N3O5/c1-27(11-10-18-35(43)39(23-24-42)26-28-12-4-2-5-13-28)38(46)32-25-31(40-33-17-9-8-14-29(33)19-22-36(40)44)20-21-34(32)41(37(38)45)30-15-6-3-7-16-30/h2-17,20-21,25,27,42,46H,18-19,22-24,26H2,1H3/b11-10+/t27-,38+/m0/s1. The van der Waals surface area contributed by atoms with E-state index in [1.807, 2.05) is 91.0 Å². The van der Waals surface area contributed by atoms with Crippen molar-refractivity contribution in [3.8, 4) is 0 Å². The summed E-state index contributed by atoms with van der Waals surface area (Å²) in [7, 11) is 0. The topological polar surface area (TPSA) is 101 Å². The molecule has 4 aromatic rings. The minimum absolute atomic E-state index is 0.0375. The molecule has 2 atom stereocenters. The van der Waals surface area contributed by atoms with Gasteiger partial charge < -0.3 is 15.1 Å². The number of hydrogen-bond donors (Lipinski definition) is 2. The van der Waals surface area contributed by atoms with E-state index in [0.717, 1.165) is 16.8 Å². The molecule has 2 N–H and O–H groups in total. The van der Waals surface area contributed by atoms with E-state index in [9.17, 15) is 24.6 Å². The van der Waals surface area contributed by atoms with Gasteiger partial charge in [-0.15, -0.1) is 0 Å². The molecule has 0 aromatic heterocycles. The molecular formula is C38H37N3O5. The summed E-state index contributed by atoms with van der Waals surface area (Å²) in [5.74, 6) is -1.46. The van der Waals surface area contributed by atoms with Crippen LogP contribution in [0.5, 0.6) is 0 Å². The normalized spacial score (nSPS) is 18.1. The number of aryl methyl sites for hydroxylation is 1.